The molecule has 0 bridgehead atoms. The van der Waals surface area contributed by atoms with Crippen molar-refractivity contribution in [2.45, 2.75) is 58.8 Å². The zero-order chi connectivity index (χ0) is 15.0. The molecule has 2 fully saturated rings. The van der Waals surface area contributed by atoms with E-state index in [1.54, 1.807) is 0 Å². The average molecular weight is 288 g/mol. The third kappa shape index (κ3) is 2.58. The van der Waals surface area contributed by atoms with Crippen molar-refractivity contribution >= 4 is 5.97 Å². The van der Waals surface area contributed by atoms with Crippen molar-refractivity contribution < 1.29 is 9.53 Å². The largest absolute Gasteiger partial charge is 0.458 e. The molecule has 0 amide bonds. The first-order valence-electron chi connectivity index (χ1n) is 8.56. The fourth-order valence-corrected chi connectivity index (χ4v) is 5.30. The standard InChI is InChI=1S/C19H28O2/c1-13-5-4-11-19(3)16(13)8-6-14(2)17(19)9-7-15-10-12-21-18(15)20/h10,13,16-17H,2,4-9,11-12H2,1,3H3/t13-,16?,17?,19?/m0/s1. The lowest BCUT2D eigenvalue weighted by atomic mass is 9.51. The molecule has 116 valence electrons. The number of hydrogen-bond donors (Lipinski definition) is 0. The molecule has 3 unspecified atom stereocenters. The summed E-state index contributed by atoms with van der Waals surface area (Å²) in [5.74, 6) is 2.16. The second kappa shape index (κ2) is 5.62. The Morgan fingerprint density at radius 1 is 1.43 bits per heavy atom. The van der Waals surface area contributed by atoms with Crippen molar-refractivity contribution in [3.05, 3.63) is 23.8 Å². The normalized spacial score (nSPS) is 39.7. The maximum Gasteiger partial charge on any atom is 0.334 e. The van der Waals surface area contributed by atoms with Crippen molar-refractivity contribution in [1.29, 1.82) is 0 Å². The van der Waals surface area contributed by atoms with Crippen molar-refractivity contribution in [3.63, 3.8) is 0 Å². The van der Waals surface area contributed by atoms with Crippen molar-refractivity contribution in [2.75, 3.05) is 6.61 Å². The minimum Gasteiger partial charge on any atom is -0.458 e. The molecule has 3 aliphatic rings. The number of allylic oxidation sites excluding steroid dienone is 1. The van der Waals surface area contributed by atoms with Crippen molar-refractivity contribution in [1.82, 2.24) is 0 Å². The molecule has 3 rings (SSSR count). The molecule has 4 atom stereocenters. The highest BCUT2D eigenvalue weighted by Crippen LogP contribution is 2.57. The van der Waals surface area contributed by atoms with Crippen LogP contribution in [0.25, 0.3) is 0 Å². The molecule has 0 N–H and O–H groups in total. The monoisotopic (exact) mass is 288 g/mol. The van der Waals surface area contributed by atoms with E-state index in [4.69, 9.17) is 4.74 Å². The van der Waals surface area contributed by atoms with Gasteiger partial charge in [-0.05, 0) is 61.3 Å². The summed E-state index contributed by atoms with van der Waals surface area (Å²) in [5.41, 5.74) is 2.71. The Hall–Kier alpha value is -1.05. The fraction of sp³-hybridized carbons (Fsp3) is 0.737. The van der Waals surface area contributed by atoms with Gasteiger partial charge in [-0.2, -0.15) is 0 Å². The molecule has 1 aliphatic heterocycles. The van der Waals surface area contributed by atoms with Crippen LogP contribution in [-0.4, -0.2) is 12.6 Å². The zero-order valence-electron chi connectivity index (χ0n) is 13.5. The van der Waals surface area contributed by atoms with E-state index in [-0.39, 0.29) is 5.97 Å². The fourth-order valence-electron chi connectivity index (χ4n) is 5.30. The summed E-state index contributed by atoms with van der Waals surface area (Å²) in [4.78, 5) is 11.6. The van der Waals surface area contributed by atoms with Gasteiger partial charge < -0.3 is 4.74 Å². The maximum atomic E-state index is 11.6. The highest BCUT2D eigenvalue weighted by atomic mass is 16.5. The van der Waals surface area contributed by atoms with Gasteiger partial charge in [0.25, 0.3) is 0 Å². The summed E-state index contributed by atoms with van der Waals surface area (Å²) in [6, 6.07) is 0. The molecular formula is C19H28O2. The second-order valence-electron chi connectivity index (χ2n) is 7.60. The van der Waals surface area contributed by atoms with Gasteiger partial charge in [0.05, 0.1) is 0 Å². The quantitative estimate of drug-likeness (QED) is 0.558. The van der Waals surface area contributed by atoms with Crippen molar-refractivity contribution in [2.24, 2.45) is 23.2 Å². The predicted molar refractivity (Wildman–Crippen MR) is 84.8 cm³/mol. The Morgan fingerprint density at radius 2 is 2.24 bits per heavy atom. The molecule has 21 heavy (non-hydrogen) atoms. The van der Waals surface area contributed by atoms with Gasteiger partial charge in [-0.25, -0.2) is 4.79 Å². The Labute approximate surface area is 128 Å². The van der Waals surface area contributed by atoms with Crippen LogP contribution in [0.4, 0.5) is 0 Å². The van der Waals surface area contributed by atoms with E-state index in [1.807, 2.05) is 6.08 Å². The van der Waals surface area contributed by atoms with E-state index in [1.165, 1.54) is 37.7 Å². The average Bonchev–Trinajstić information content (AvgIpc) is 2.83. The summed E-state index contributed by atoms with van der Waals surface area (Å²) in [5, 5.41) is 0. The molecule has 0 spiro atoms. The number of cyclic esters (lactones) is 1. The van der Waals surface area contributed by atoms with Crippen LogP contribution in [0.2, 0.25) is 0 Å². The topological polar surface area (TPSA) is 26.3 Å². The van der Waals surface area contributed by atoms with Gasteiger partial charge in [-0.15, -0.1) is 0 Å². The summed E-state index contributed by atoms with van der Waals surface area (Å²) in [6.45, 7) is 9.78. The molecular weight excluding hydrogens is 260 g/mol. The molecule has 0 aromatic carbocycles. The molecule has 2 aliphatic carbocycles. The van der Waals surface area contributed by atoms with Gasteiger partial charge in [-0.3, -0.25) is 0 Å². The molecule has 0 aromatic rings. The van der Waals surface area contributed by atoms with Crippen LogP contribution in [0.1, 0.15) is 58.8 Å². The lowest BCUT2D eigenvalue weighted by Gasteiger charge is -2.54. The lowest BCUT2D eigenvalue weighted by molar-refractivity contribution is -0.136. The van der Waals surface area contributed by atoms with Crippen LogP contribution in [0.15, 0.2) is 23.8 Å². The van der Waals surface area contributed by atoms with Crippen LogP contribution in [0.5, 0.6) is 0 Å². The highest BCUT2D eigenvalue weighted by Gasteiger charge is 2.48. The number of ether oxygens (including phenoxy) is 1. The molecule has 0 radical (unpaired) electrons. The van der Waals surface area contributed by atoms with Crippen LogP contribution in [0, 0.1) is 23.2 Å². The Kier molecular flexibility index (Phi) is 3.98. The van der Waals surface area contributed by atoms with Crippen LogP contribution in [-0.2, 0) is 9.53 Å². The van der Waals surface area contributed by atoms with E-state index < -0.39 is 0 Å². The maximum absolute atomic E-state index is 11.6. The third-order valence-electron chi connectivity index (χ3n) is 6.48. The lowest BCUT2D eigenvalue weighted by Crippen LogP contribution is -2.45. The van der Waals surface area contributed by atoms with Gasteiger partial charge in [0.2, 0.25) is 0 Å². The summed E-state index contributed by atoms with van der Waals surface area (Å²) in [6.07, 6.45) is 10.4. The van der Waals surface area contributed by atoms with Gasteiger partial charge in [0.1, 0.15) is 6.61 Å². The van der Waals surface area contributed by atoms with Crippen LogP contribution < -0.4 is 0 Å². The van der Waals surface area contributed by atoms with Crippen LogP contribution in [0.3, 0.4) is 0 Å². The first kappa shape index (κ1) is 14.9. The van der Waals surface area contributed by atoms with Gasteiger partial charge >= 0.3 is 5.97 Å². The van der Waals surface area contributed by atoms with E-state index in [0.717, 1.165) is 30.3 Å². The Morgan fingerprint density at radius 3 is 2.95 bits per heavy atom. The van der Waals surface area contributed by atoms with Gasteiger partial charge in [0, 0.05) is 5.57 Å². The van der Waals surface area contributed by atoms with E-state index in [0.29, 0.717) is 17.9 Å². The zero-order valence-corrected chi connectivity index (χ0v) is 13.5. The highest BCUT2D eigenvalue weighted by molar-refractivity contribution is 5.90. The summed E-state index contributed by atoms with van der Waals surface area (Å²) in [7, 11) is 0. The number of rotatable bonds is 3. The molecule has 2 saturated carbocycles. The van der Waals surface area contributed by atoms with Crippen molar-refractivity contribution in [3.8, 4) is 0 Å². The number of carbonyl (C=O) groups excluding carboxylic acids is 1. The first-order valence-corrected chi connectivity index (χ1v) is 8.56. The SMILES string of the molecule is C=C1CCC2[C@@H](C)CCCC2(C)C1CCC1=CCOC1=O. The second-order valence-corrected chi connectivity index (χ2v) is 7.60. The predicted octanol–water partition coefficient (Wildman–Crippen LogP) is 4.66. The number of fused-ring (bicyclic) bond motifs is 1. The summed E-state index contributed by atoms with van der Waals surface area (Å²) >= 11 is 0. The van der Waals surface area contributed by atoms with E-state index in [2.05, 4.69) is 20.4 Å². The minimum absolute atomic E-state index is 0.102. The van der Waals surface area contributed by atoms with Gasteiger partial charge in [-0.1, -0.05) is 38.8 Å². The minimum atomic E-state index is -0.102. The molecule has 1 heterocycles. The third-order valence-corrected chi connectivity index (χ3v) is 6.48. The molecule has 0 aromatic heterocycles. The summed E-state index contributed by atoms with van der Waals surface area (Å²) < 4.78 is 5.03. The Bertz CT molecular complexity index is 476. The van der Waals surface area contributed by atoms with E-state index >= 15 is 0 Å². The molecule has 2 heteroatoms. The number of carbonyl (C=O) groups is 1. The first-order chi connectivity index (χ1) is 10.0. The van der Waals surface area contributed by atoms with Crippen LogP contribution >= 0.6 is 0 Å². The molecule has 0 saturated heterocycles. The van der Waals surface area contributed by atoms with Gasteiger partial charge in [0.15, 0.2) is 0 Å². The number of hydrogen-bond acceptors (Lipinski definition) is 2. The smallest absolute Gasteiger partial charge is 0.334 e. The molecule has 2 nitrogen and oxygen atoms in total. The van der Waals surface area contributed by atoms with E-state index in [9.17, 15) is 4.79 Å². The Balaban J connectivity index is 1.74. The number of esters is 1.